The summed E-state index contributed by atoms with van der Waals surface area (Å²) >= 11 is 0. The molecule has 1 amide bonds. The van der Waals surface area contributed by atoms with Crippen molar-refractivity contribution in [3.8, 4) is 5.75 Å². The van der Waals surface area contributed by atoms with E-state index in [1.54, 1.807) is 32.0 Å². The molecule has 0 saturated carbocycles. The summed E-state index contributed by atoms with van der Waals surface area (Å²) in [6.45, 7) is 5.57. The van der Waals surface area contributed by atoms with E-state index < -0.39 is 5.60 Å². The van der Waals surface area contributed by atoms with Gasteiger partial charge in [-0.2, -0.15) is 0 Å². The molecule has 0 aliphatic rings. The smallest absolute Gasteiger partial charge is 0.255 e. The van der Waals surface area contributed by atoms with Gasteiger partial charge in [-0.05, 0) is 31.9 Å². The quantitative estimate of drug-likeness (QED) is 0.749. The van der Waals surface area contributed by atoms with Gasteiger partial charge in [0.1, 0.15) is 5.75 Å². The Morgan fingerprint density at radius 1 is 1.44 bits per heavy atom. The van der Waals surface area contributed by atoms with Gasteiger partial charge in [-0.1, -0.05) is 25.5 Å². The van der Waals surface area contributed by atoms with Gasteiger partial charge < -0.3 is 15.5 Å². The van der Waals surface area contributed by atoms with Gasteiger partial charge in [0, 0.05) is 6.54 Å². The van der Waals surface area contributed by atoms with Crippen molar-refractivity contribution in [3.05, 3.63) is 29.3 Å². The monoisotopic (exact) mass is 251 g/mol. The van der Waals surface area contributed by atoms with Crippen LogP contribution >= 0.6 is 0 Å². The van der Waals surface area contributed by atoms with Gasteiger partial charge in [-0.25, -0.2) is 0 Å². The van der Waals surface area contributed by atoms with Gasteiger partial charge in [0.15, 0.2) is 0 Å². The lowest BCUT2D eigenvalue weighted by molar-refractivity contribution is 0.0469. The van der Waals surface area contributed by atoms with Crippen molar-refractivity contribution in [2.75, 3.05) is 6.54 Å². The third-order valence-corrected chi connectivity index (χ3v) is 2.90. The minimum Gasteiger partial charge on any atom is -0.507 e. The third kappa shape index (κ3) is 3.74. The average molecular weight is 251 g/mol. The SMILES string of the molecule is CCCC(C)(O)CNC(=O)c1cccc(C)c1O. The number of para-hydroxylation sites is 1. The van der Waals surface area contributed by atoms with E-state index in [-0.39, 0.29) is 23.8 Å². The molecular weight excluding hydrogens is 230 g/mol. The number of phenols is 1. The highest BCUT2D eigenvalue weighted by molar-refractivity contribution is 5.97. The molecule has 0 spiro atoms. The first kappa shape index (κ1) is 14.5. The molecule has 0 aliphatic heterocycles. The molecule has 3 N–H and O–H groups in total. The van der Waals surface area contributed by atoms with Gasteiger partial charge in [0.05, 0.1) is 11.2 Å². The molecule has 4 heteroatoms. The predicted octanol–water partition coefficient (Wildman–Crippen LogP) is 1.98. The van der Waals surface area contributed by atoms with Crippen LogP contribution in [0.2, 0.25) is 0 Å². The fourth-order valence-corrected chi connectivity index (χ4v) is 1.84. The molecule has 0 fully saturated rings. The number of carbonyl (C=O) groups excluding carboxylic acids is 1. The number of hydrogen-bond donors (Lipinski definition) is 3. The van der Waals surface area contributed by atoms with Crippen LogP contribution in [0.5, 0.6) is 5.75 Å². The summed E-state index contributed by atoms with van der Waals surface area (Å²) in [5.74, 6) is -0.377. The van der Waals surface area contributed by atoms with Crippen LogP contribution in [0, 0.1) is 6.92 Å². The molecule has 100 valence electrons. The minimum atomic E-state index is -0.913. The molecule has 0 aromatic heterocycles. The largest absolute Gasteiger partial charge is 0.507 e. The van der Waals surface area contributed by atoms with Crippen molar-refractivity contribution >= 4 is 5.91 Å². The molecule has 1 aromatic carbocycles. The number of carbonyl (C=O) groups is 1. The number of amides is 1. The first-order chi connectivity index (χ1) is 8.37. The zero-order chi connectivity index (χ0) is 13.8. The number of hydrogen-bond acceptors (Lipinski definition) is 3. The summed E-state index contributed by atoms with van der Waals surface area (Å²) in [6.07, 6.45) is 1.46. The Morgan fingerprint density at radius 2 is 2.11 bits per heavy atom. The standard InChI is InChI=1S/C14H21NO3/c1-4-8-14(3,18)9-15-13(17)11-7-5-6-10(2)12(11)16/h5-7,16,18H,4,8-9H2,1-3H3,(H,15,17). The van der Waals surface area contributed by atoms with Crippen molar-refractivity contribution < 1.29 is 15.0 Å². The molecular formula is C14H21NO3. The average Bonchev–Trinajstić information content (AvgIpc) is 2.30. The molecule has 18 heavy (non-hydrogen) atoms. The molecule has 0 saturated heterocycles. The first-order valence-electron chi connectivity index (χ1n) is 6.16. The summed E-state index contributed by atoms with van der Waals surface area (Å²) in [5.41, 5.74) is -0.0191. The van der Waals surface area contributed by atoms with E-state index in [1.165, 1.54) is 0 Å². The second-order valence-electron chi connectivity index (χ2n) is 4.90. The highest BCUT2D eigenvalue weighted by Crippen LogP contribution is 2.21. The number of benzene rings is 1. The lowest BCUT2D eigenvalue weighted by Gasteiger charge is -2.23. The van der Waals surface area contributed by atoms with E-state index in [1.807, 2.05) is 6.92 Å². The normalized spacial score (nSPS) is 14.0. The topological polar surface area (TPSA) is 69.6 Å². The van der Waals surface area contributed by atoms with E-state index >= 15 is 0 Å². The summed E-state index contributed by atoms with van der Waals surface area (Å²) in [4.78, 5) is 11.9. The van der Waals surface area contributed by atoms with Crippen LogP contribution in [0.15, 0.2) is 18.2 Å². The van der Waals surface area contributed by atoms with E-state index in [9.17, 15) is 15.0 Å². The van der Waals surface area contributed by atoms with Crippen molar-refractivity contribution in [1.29, 1.82) is 0 Å². The van der Waals surface area contributed by atoms with Crippen LogP contribution in [0.1, 0.15) is 42.6 Å². The number of aromatic hydroxyl groups is 1. The lowest BCUT2D eigenvalue weighted by atomic mass is 10.0. The number of aryl methyl sites for hydroxylation is 1. The summed E-state index contributed by atoms with van der Waals surface area (Å²) in [5, 5.41) is 22.4. The van der Waals surface area contributed by atoms with Crippen molar-refractivity contribution in [1.82, 2.24) is 5.32 Å². The fourth-order valence-electron chi connectivity index (χ4n) is 1.84. The second-order valence-corrected chi connectivity index (χ2v) is 4.90. The first-order valence-corrected chi connectivity index (χ1v) is 6.16. The van der Waals surface area contributed by atoms with Crippen LogP contribution in [-0.4, -0.2) is 28.3 Å². The van der Waals surface area contributed by atoms with Crippen LogP contribution < -0.4 is 5.32 Å². The molecule has 1 unspecified atom stereocenters. The van der Waals surface area contributed by atoms with Crippen LogP contribution in [0.3, 0.4) is 0 Å². The van der Waals surface area contributed by atoms with Crippen molar-refractivity contribution in [2.24, 2.45) is 0 Å². The lowest BCUT2D eigenvalue weighted by Crippen LogP contribution is -2.40. The summed E-state index contributed by atoms with van der Waals surface area (Å²) in [6, 6.07) is 5.01. The van der Waals surface area contributed by atoms with Crippen LogP contribution in [-0.2, 0) is 0 Å². The molecule has 0 heterocycles. The second kappa shape index (κ2) is 5.87. The van der Waals surface area contributed by atoms with Gasteiger partial charge in [-0.15, -0.1) is 0 Å². The van der Waals surface area contributed by atoms with E-state index in [2.05, 4.69) is 5.32 Å². The summed E-state index contributed by atoms with van der Waals surface area (Å²) in [7, 11) is 0. The number of aliphatic hydroxyl groups is 1. The van der Waals surface area contributed by atoms with E-state index in [4.69, 9.17) is 0 Å². The van der Waals surface area contributed by atoms with Crippen LogP contribution in [0.25, 0.3) is 0 Å². The Balaban J connectivity index is 2.69. The van der Waals surface area contributed by atoms with E-state index in [0.717, 1.165) is 6.42 Å². The third-order valence-electron chi connectivity index (χ3n) is 2.90. The highest BCUT2D eigenvalue weighted by Gasteiger charge is 2.21. The minimum absolute atomic E-state index is 0.00913. The maximum atomic E-state index is 11.9. The predicted molar refractivity (Wildman–Crippen MR) is 70.7 cm³/mol. The van der Waals surface area contributed by atoms with Gasteiger partial charge in [0.2, 0.25) is 0 Å². The number of phenolic OH excluding ortho intramolecular Hbond substituents is 1. The van der Waals surface area contributed by atoms with Crippen molar-refractivity contribution in [2.45, 2.75) is 39.2 Å². The highest BCUT2D eigenvalue weighted by atomic mass is 16.3. The van der Waals surface area contributed by atoms with Gasteiger partial charge >= 0.3 is 0 Å². The molecule has 0 radical (unpaired) electrons. The zero-order valence-corrected chi connectivity index (χ0v) is 11.2. The Labute approximate surface area is 108 Å². The fraction of sp³-hybridized carbons (Fsp3) is 0.500. The Morgan fingerprint density at radius 3 is 2.72 bits per heavy atom. The Bertz CT molecular complexity index is 427. The molecule has 4 nitrogen and oxygen atoms in total. The molecule has 1 aromatic rings. The molecule has 1 atom stereocenters. The maximum Gasteiger partial charge on any atom is 0.255 e. The Kier molecular flexibility index (Phi) is 4.73. The van der Waals surface area contributed by atoms with Crippen LogP contribution in [0.4, 0.5) is 0 Å². The molecule has 0 aliphatic carbocycles. The molecule has 1 rings (SSSR count). The number of rotatable bonds is 5. The van der Waals surface area contributed by atoms with E-state index in [0.29, 0.717) is 12.0 Å². The number of nitrogens with one attached hydrogen (secondary N) is 1. The Hall–Kier alpha value is -1.55. The maximum absolute atomic E-state index is 11.9. The zero-order valence-electron chi connectivity index (χ0n) is 11.2. The summed E-state index contributed by atoms with van der Waals surface area (Å²) < 4.78 is 0. The molecule has 0 bridgehead atoms. The van der Waals surface area contributed by atoms with Gasteiger partial charge in [-0.3, -0.25) is 4.79 Å². The van der Waals surface area contributed by atoms with Crippen molar-refractivity contribution in [3.63, 3.8) is 0 Å². The van der Waals surface area contributed by atoms with Gasteiger partial charge in [0.25, 0.3) is 5.91 Å².